The van der Waals surface area contributed by atoms with Gasteiger partial charge in [0.25, 0.3) is 0 Å². The molecule has 0 atom stereocenters. The molecule has 2 N–H and O–H groups in total. The number of nitrogens with zero attached hydrogens (tertiary/aromatic N) is 1. The van der Waals surface area contributed by atoms with Gasteiger partial charge in [0.1, 0.15) is 5.82 Å². The van der Waals surface area contributed by atoms with Crippen LogP contribution in [0.3, 0.4) is 0 Å². The van der Waals surface area contributed by atoms with Crippen LogP contribution in [-0.2, 0) is 4.79 Å². The standard InChI is InChI=1S/C11H13FN2OS/c12-8-4-9(13)6-10(5-8)16-7-11(15)14-2-1-3-14/h4-6H,1-3,7,13H2. The van der Waals surface area contributed by atoms with Crippen LogP contribution in [0.5, 0.6) is 0 Å². The highest BCUT2D eigenvalue weighted by molar-refractivity contribution is 8.00. The highest BCUT2D eigenvalue weighted by Gasteiger charge is 2.19. The van der Waals surface area contributed by atoms with Gasteiger partial charge in [0.2, 0.25) is 5.91 Å². The Balaban J connectivity index is 1.91. The van der Waals surface area contributed by atoms with Crippen LogP contribution in [-0.4, -0.2) is 29.6 Å². The molecule has 1 amide bonds. The molecule has 0 unspecified atom stereocenters. The van der Waals surface area contributed by atoms with Gasteiger partial charge in [-0.3, -0.25) is 4.79 Å². The summed E-state index contributed by atoms with van der Waals surface area (Å²) in [5.74, 6) is 0.0982. The maximum atomic E-state index is 13.0. The van der Waals surface area contributed by atoms with Gasteiger partial charge in [0.15, 0.2) is 0 Å². The lowest BCUT2D eigenvalue weighted by Crippen LogP contribution is -2.43. The fraction of sp³-hybridized carbons (Fsp3) is 0.364. The molecule has 2 rings (SSSR count). The number of thioether (sulfide) groups is 1. The average Bonchev–Trinajstić information content (AvgIpc) is 2.10. The second-order valence-electron chi connectivity index (χ2n) is 3.74. The predicted molar refractivity (Wildman–Crippen MR) is 62.7 cm³/mol. The minimum absolute atomic E-state index is 0.110. The van der Waals surface area contributed by atoms with Crippen LogP contribution in [0, 0.1) is 5.82 Å². The summed E-state index contributed by atoms with van der Waals surface area (Å²) in [7, 11) is 0. The molecule has 0 spiro atoms. The van der Waals surface area contributed by atoms with Crippen molar-refractivity contribution in [2.24, 2.45) is 0 Å². The van der Waals surface area contributed by atoms with Crippen molar-refractivity contribution in [1.82, 2.24) is 4.90 Å². The molecule has 3 nitrogen and oxygen atoms in total. The third kappa shape index (κ3) is 2.66. The van der Waals surface area contributed by atoms with Crippen LogP contribution in [0.15, 0.2) is 23.1 Å². The van der Waals surface area contributed by atoms with Crippen molar-refractivity contribution in [2.45, 2.75) is 11.3 Å². The van der Waals surface area contributed by atoms with Gasteiger partial charge in [-0.25, -0.2) is 4.39 Å². The average molecular weight is 240 g/mol. The van der Waals surface area contributed by atoms with Crippen LogP contribution in [0.1, 0.15) is 6.42 Å². The minimum Gasteiger partial charge on any atom is -0.399 e. The zero-order valence-corrected chi connectivity index (χ0v) is 9.60. The number of carbonyl (C=O) groups is 1. The topological polar surface area (TPSA) is 46.3 Å². The lowest BCUT2D eigenvalue weighted by molar-refractivity contribution is -0.131. The maximum absolute atomic E-state index is 13.0. The van der Waals surface area contributed by atoms with Crippen LogP contribution in [0.25, 0.3) is 0 Å². The third-order valence-corrected chi connectivity index (χ3v) is 3.43. The van der Waals surface area contributed by atoms with Gasteiger partial charge >= 0.3 is 0 Å². The van der Waals surface area contributed by atoms with E-state index in [0.29, 0.717) is 16.3 Å². The molecule has 0 bridgehead atoms. The highest BCUT2D eigenvalue weighted by atomic mass is 32.2. The van der Waals surface area contributed by atoms with Crippen LogP contribution in [0.2, 0.25) is 0 Å². The molecule has 1 aliphatic heterocycles. The molecule has 0 saturated carbocycles. The molecule has 0 radical (unpaired) electrons. The summed E-state index contributed by atoms with van der Waals surface area (Å²) in [6.07, 6.45) is 1.09. The summed E-state index contributed by atoms with van der Waals surface area (Å²) in [5, 5.41) is 0. The molecule has 0 aliphatic carbocycles. The largest absolute Gasteiger partial charge is 0.399 e. The van der Waals surface area contributed by atoms with E-state index in [2.05, 4.69) is 0 Å². The molecule has 1 aromatic rings. The van der Waals surface area contributed by atoms with Gasteiger partial charge in [-0.05, 0) is 24.6 Å². The summed E-state index contributed by atoms with van der Waals surface area (Å²) < 4.78 is 13.0. The molecule has 0 aromatic heterocycles. The molecule has 1 fully saturated rings. The summed E-state index contributed by atoms with van der Waals surface area (Å²) in [6, 6.07) is 4.34. The van der Waals surface area contributed by atoms with Crippen molar-refractivity contribution in [1.29, 1.82) is 0 Å². The van der Waals surface area contributed by atoms with E-state index in [4.69, 9.17) is 5.73 Å². The fourth-order valence-electron chi connectivity index (χ4n) is 1.47. The molecular weight excluding hydrogens is 227 g/mol. The Bertz CT molecular complexity index is 387. The number of rotatable bonds is 3. The Hall–Kier alpha value is -1.23. The number of halogens is 1. The smallest absolute Gasteiger partial charge is 0.232 e. The van der Waals surface area contributed by atoms with Crippen LogP contribution in [0.4, 0.5) is 10.1 Å². The SMILES string of the molecule is Nc1cc(F)cc(SCC(=O)N2CCC2)c1. The van der Waals surface area contributed by atoms with E-state index in [1.54, 1.807) is 11.0 Å². The highest BCUT2D eigenvalue weighted by Crippen LogP contribution is 2.23. The number of nitrogen functional groups attached to an aromatic ring is 1. The number of benzene rings is 1. The van der Waals surface area contributed by atoms with Crippen molar-refractivity contribution in [3.05, 3.63) is 24.0 Å². The molecule has 1 aliphatic rings. The van der Waals surface area contributed by atoms with Crippen molar-refractivity contribution in [3.8, 4) is 0 Å². The first-order valence-electron chi connectivity index (χ1n) is 5.12. The van der Waals surface area contributed by atoms with Gasteiger partial charge in [0, 0.05) is 23.7 Å². The Morgan fingerprint density at radius 2 is 2.19 bits per heavy atom. The Kier molecular flexibility index (Phi) is 3.33. The summed E-state index contributed by atoms with van der Waals surface area (Å²) in [4.78, 5) is 14.1. The number of hydrogen-bond donors (Lipinski definition) is 1. The van der Waals surface area contributed by atoms with Gasteiger partial charge in [-0.2, -0.15) is 0 Å². The lowest BCUT2D eigenvalue weighted by Gasteiger charge is -2.30. The first-order valence-corrected chi connectivity index (χ1v) is 6.10. The maximum Gasteiger partial charge on any atom is 0.232 e. The molecular formula is C11H13FN2OS. The van der Waals surface area contributed by atoms with E-state index < -0.39 is 0 Å². The molecule has 1 heterocycles. The minimum atomic E-state index is -0.362. The number of carbonyl (C=O) groups excluding carboxylic acids is 1. The van der Waals surface area contributed by atoms with Gasteiger partial charge in [-0.15, -0.1) is 11.8 Å². The Morgan fingerprint density at radius 3 is 2.75 bits per heavy atom. The predicted octanol–water partition coefficient (Wildman–Crippen LogP) is 1.73. The number of likely N-dealkylation sites (tertiary alicyclic amines) is 1. The van der Waals surface area contributed by atoms with Crippen molar-refractivity contribution < 1.29 is 9.18 Å². The fourth-order valence-corrected chi connectivity index (χ4v) is 2.36. The van der Waals surface area contributed by atoms with Crippen molar-refractivity contribution in [2.75, 3.05) is 24.6 Å². The van der Waals surface area contributed by atoms with Gasteiger partial charge in [-0.1, -0.05) is 0 Å². The number of nitrogens with two attached hydrogens (primary N) is 1. The molecule has 16 heavy (non-hydrogen) atoms. The van der Waals surface area contributed by atoms with Crippen molar-refractivity contribution in [3.63, 3.8) is 0 Å². The number of amides is 1. The van der Waals surface area contributed by atoms with Gasteiger partial charge < -0.3 is 10.6 Å². The van der Waals surface area contributed by atoms with E-state index in [0.717, 1.165) is 19.5 Å². The van der Waals surface area contributed by atoms with E-state index in [-0.39, 0.29) is 11.7 Å². The number of hydrogen-bond acceptors (Lipinski definition) is 3. The van der Waals surface area contributed by atoms with E-state index in [1.807, 2.05) is 0 Å². The zero-order valence-electron chi connectivity index (χ0n) is 8.78. The van der Waals surface area contributed by atoms with E-state index in [9.17, 15) is 9.18 Å². The van der Waals surface area contributed by atoms with E-state index >= 15 is 0 Å². The Morgan fingerprint density at radius 1 is 1.44 bits per heavy atom. The summed E-state index contributed by atoms with van der Waals surface area (Å²) >= 11 is 1.32. The van der Waals surface area contributed by atoms with Gasteiger partial charge in [0.05, 0.1) is 5.75 Å². The lowest BCUT2D eigenvalue weighted by atomic mass is 10.2. The third-order valence-electron chi connectivity index (χ3n) is 2.46. The van der Waals surface area contributed by atoms with Crippen molar-refractivity contribution >= 4 is 23.4 Å². The summed E-state index contributed by atoms with van der Waals surface area (Å²) in [6.45, 7) is 1.70. The quantitative estimate of drug-likeness (QED) is 0.646. The molecule has 86 valence electrons. The van der Waals surface area contributed by atoms with Crippen LogP contribution >= 0.6 is 11.8 Å². The molecule has 1 saturated heterocycles. The summed E-state index contributed by atoms with van der Waals surface area (Å²) in [5.41, 5.74) is 5.90. The first-order chi connectivity index (χ1) is 7.65. The first kappa shape index (κ1) is 11.3. The van der Waals surface area contributed by atoms with Crippen LogP contribution < -0.4 is 5.73 Å². The normalized spacial score (nSPS) is 14.7. The monoisotopic (exact) mass is 240 g/mol. The van der Waals surface area contributed by atoms with E-state index in [1.165, 1.54) is 23.9 Å². The number of anilines is 1. The molecule has 1 aromatic carbocycles. The zero-order chi connectivity index (χ0) is 11.5. The Labute approximate surface area is 97.8 Å². The second-order valence-corrected chi connectivity index (χ2v) is 4.79. The second kappa shape index (κ2) is 4.74. The molecule has 5 heteroatoms.